The van der Waals surface area contributed by atoms with Crippen molar-refractivity contribution in [1.29, 1.82) is 0 Å². The summed E-state index contributed by atoms with van der Waals surface area (Å²) in [4.78, 5) is 22.2. The molecule has 0 aromatic heterocycles. The number of hydrogen-bond acceptors (Lipinski definition) is 7. The number of rotatable bonds is 15. The Hall–Kier alpha value is -2.92. The predicted molar refractivity (Wildman–Crippen MR) is 158 cm³/mol. The number of anilines is 2. The van der Waals surface area contributed by atoms with Crippen LogP contribution in [0.25, 0.3) is 0 Å². The number of ether oxygens (including phenoxy) is 2. The molecule has 3 rings (SSSR count). The lowest BCUT2D eigenvalue weighted by Crippen LogP contribution is -2.29. The van der Waals surface area contributed by atoms with E-state index in [0.717, 1.165) is 0 Å². The Balaban J connectivity index is 1.48. The summed E-state index contributed by atoms with van der Waals surface area (Å²) >= 11 is 25.1. The molecule has 9 nitrogen and oxygen atoms in total. The third-order valence-corrected chi connectivity index (χ3v) is 7.01. The molecule has 0 fully saturated rings. The van der Waals surface area contributed by atoms with Crippen LogP contribution >= 0.6 is 46.4 Å². The summed E-state index contributed by atoms with van der Waals surface area (Å²) in [6.07, 6.45) is -1.97. The van der Waals surface area contributed by atoms with E-state index >= 15 is 0 Å². The van der Waals surface area contributed by atoms with Crippen LogP contribution in [0.4, 0.5) is 11.4 Å². The molecule has 0 aliphatic rings. The van der Waals surface area contributed by atoms with Crippen LogP contribution < -0.4 is 14.8 Å². The average Bonchev–Trinajstić information content (AvgIpc) is 2.90. The van der Waals surface area contributed by atoms with Crippen molar-refractivity contribution < 1.29 is 39.5 Å². The lowest BCUT2D eigenvalue weighted by Gasteiger charge is -2.19. The zero-order valence-electron chi connectivity index (χ0n) is 21.4. The number of para-hydroxylation sites is 1. The quantitative estimate of drug-likeness (QED) is 0.121. The molecule has 0 heterocycles. The van der Waals surface area contributed by atoms with Gasteiger partial charge in [-0.1, -0.05) is 58.5 Å². The second kappa shape index (κ2) is 15.3. The fourth-order valence-corrected chi connectivity index (χ4v) is 5.04. The zero-order chi connectivity index (χ0) is 30.1. The van der Waals surface area contributed by atoms with E-state index < -0.39 is 24.1 Å². The van der Waals surface area contributed by atoms with Crippen molar-refractivity contribution in [1.82, 2.24) is 0 Å². The molecule has 0 aliphatic carbocycles. The predicted octanol–water partition coefficient (Wildman–Crippen LogP) is 6.72. The van der Waals surface area contributed by atoms with E-state index in [4.69, 9.17) is 61.0 Å². The summed E-state index contributed by atoms with van der Waals surface area (Å²) in [6, 6.07) is 12.6. The maximum absolute atomic E-state index is 11.4. The Kier molecular flexibility index (Phi) is 12.2. The summed E-state index contributed by atoms with van der Waals surface area (Å²) < 4.78 is 11.2. The lowest BCUT2D eigenvalue weighted by molar-refractivity contribution is -0.136. The van der Waals surface area contributed by atoms with Crippen LogP contribution in [0.15, 0.2) is 48.5 Å². The van der Waals surface area contributed by atoms with Gasteiger partial charge in [0.05, 0.1) is 56.8 Å². The van der Waals surface area contributed by atoms with Crippen molar-refractivity contribution in [3.8, 4) is 11.5 Å². The normalized spacial score (nSPS) is 12.4. The van der Waals surface area contributed by atoms with Gasteiger partial charge < -0.3 is 35.2 Å². The molecule has 2 atom stereocenters. The Bertz CT molecular complexity index is 1340. The number of aryl methyl sites for hydroxylation is 1. The largest absolute Gasteiger partial charge is 0.490 e. The molecule has 0 unspecified atom stereocenters. The second-order valence-electron chi connectivity index (χ2n) is 8.94. The summed E-state index contributed by atoms with van der Waals surface area (Å²) in [6.45, 7) is -0.00721. The van der Waals surface area contributed by atoms with Crippen LogP contribution in [-0.4, -0.2) is 57.8 Å². The third kappa shape index (κ3) is 9.56. The smallest absolute Gasteiger partial charge is 0.337 e. The van der Waals surface area contributed by atoms with Crippen LogP contribution in [0, 0.1) is 0 Å². The maximum atomic E-state index is 11.4. The molecule has 0 saturated heterocycles. The first kappa shape index (κ1) is 32.6. The fourth-order valence-electron chi connectivity index (χ4n) is 3.80. The van der Waals surface area contributed by atoms with E-state index in [1.165, 1.54) is 18.2 Å². The highest BCUT2D eigenvalue weighted by atomic mass is 35.5. The first-order valence-electron chi connectivity index (χ1n) is 12.4. The summed E-state index contributed by atoms with van der Waals surface area (Å²) in [7, 11) is 0. The fraction of sp³-hybridized carbons (Fsp3) is 0.286. The van der Waals surface area contributed by atoms with Crippen molar-refractivity contribution in [2.45, 2.75) is 37.9 Å². The number of aliphatic hydroxyl groups excluding tert-OH is 2. The van der Waals surface area contributed by atoms with Crippen molar-refractivity contribution in [2.24, 2.45) is 0 Å². The number of halogens is 4. The minimum atomic E-state index is -1.14. The summed E-state index contributed by atoms with van der Waals surface area (Å²) in [5.74, 6) is -1.65. The molecule has 3 aromatic carbocycles. The molecule has 3 aromatic rings. The van der Waals surface area contributed by atoms with E-state index in [-0.39, 0.29) is 76.1 Å². The summed E-state index contributed by atoms with van der Waals surface area (Å²) in [5.41, 5.74) is 1.54. The minimum absolute atomic E-state index is 0.00409. The Labute approximate surface area is 256 Å². The highest BCUT2D eigenvalue weighted by Gasteiger charge is 2.19. The number of hydrogen-bond donors (Lipinski definition) is 5. The molecule has 0 spiro atoms. The van der Waals surface area contributed by atoms with Gasteiger partial charge in [0.25, 0.3) is 0 Å². The van der Waals surface area contributed by atoms with Crippen LogP contribution in [-0.2, 0) is 11.2 Å². The topological polar surface area (TPSA) is 146 Å². The molecule has 0 saturated carbocycles. The Morgan fingerprint density at radius 2 is 1.27 bits per heavy atom. The highest BCUT2D eigenvalue weighted by molar-refractivity contribution is 6.38. The van der Waals surface area contributed by atoms with E-state index in [1.54, 1.807) is 30.3 Å². The van der Waals surface area contributed by atoms with Gasteiger partial charge in [-0.2, -0.15) is 0 Å². The standard InChI is InChI=1S/C28H27Cl4NO8/c29-18-11-15(5-6-25(36)37)12-19(30)26(18)40-9-7-23(34)24(35)8-10-41-27-20(31)13-16(14-21(27)32)33-22-4-2-1-3-17(22)28(38)39/h1-4,11-14,23-24,33-35H,5-10H2,(H,36,37)(H,38,39)/t23-,24-/m0/s1. The van der Waals surface area contributed by atoms with Crippen molar-refractivity contribution >= 4 is 69.7 Å². The van der Waals surface area contributed by atoms with Crippen LogP contribution in [0.3, 0.4) is 0 Å². The molecule has 0 aliphatic heterocycles. The van der Waals surface area contributed by atoms with Gasteiger partial charge in [-0.15, -0.1) is 0 Å². The SMILES string of the molecule is O=C(O)CCc1cc(Cl)c(OCC[C@H](O)[C@@H](O)CCOc2c(Cl)cc(Nc3ccccc3C(=O)O)cc2Cl)c(Cl)c1. The maximum Gasteiger partial charge on any atom is 0.337 e. The lowest BCUT2D eigenvalue weighted by atomic mass is 10.1. The number of nitrogens with one attached hydrogen (secondary N) is 1. The monoisotopic (exact) mass is 645 g/mol. The number of carboxylic acids is 2. The van der Waals surface area contributed by atoms with Gasteiger partial charge in [-0.3, -0.25) is 4.79 Å². The molecule has 0 radical (unpaired) electrons. The van der Waals surface area contributed by atoms with Crippen LogP contribution in [0.5, 0.6) is 11.5 Å². The number of aromatic carboxylic acids is 1. The van der Waals surface area contributed by atoms with Gasteiger partial charge in [0, 0.05) is 24.9 Å². The number of aliphatic carboxylic acids is 1. The minimum Gasteiger partial charge on any atom is -0.490 e. The molecule has 220 valence electrons. The van der Waals surface area contributed by atoms with Crippen LogP contribution in [0.2, 0.25) is 20.1 Å². The highest BCUT2D eigenvalue weighted by Crippen LogP contribution is 2.38. The Morgan fingerprint density at radius 3 is 1.76 bits per heavy atom. The van der Waals surface area contributed by atoms with E-state index in [0.29, 0.717) is 16.9 Å². The number of aliphatic hydroxyl groups is 2. The van der Waals surface area contributed by atoms with E-state index in [2.05, 4.69) is 5.32 Å². The van der Waals surface area contributed by atoms with E-state index in [1.807, 2.05) is 0 Å². The number of carbonyl (C=O) groups is 2. The van der Waals surface area contributed by atoms with Gasteiger partial charge in [-0.05, 0) is 48.4 Å². The van der Waals surface area contributed by atoms with Gasteiger partial charge in [0.15, 0.2) is 11.5 Å². The van der Waals surface area contributed by atoms with Gasteiger partial charge in [0.2, 0.25) is 0 Å². The Morgan fingerprint density at radius 1 is 0.780 bits per heavy atom. The molecular weight excluding hydrogens is 620 g/mol. The average molecular weight is 647 g/mol. The second-order valence-corrected chi connectivity index (χ2v) is 10.6. The molecular formula is C28H27Cl4NO8. The van der Waals surface area contributed by atoms with Crippen molar-refractivity contribution in [3.05, 3.63) is 79.7 Å². The van der Waals surface area contributed by atoms with Crippen molar-refractivity contribution in [2.75, 3.05) is 18.5 Å². The first-order valence-corrected chi connectivity index (χ1v) is 13.9. The third-order valence-electron chi connectivity index (χ3n) is 5.88. The molecule has 13 heteroatoms. The van der Waals surface area contributed by atoms with Gasteiger partial charge in [0.1, 0.15) is 0 Å². The van der Waals surface area contributed by atoms with Crippen LogP contribution in [0.1, 0.15) is 35.2 Å². The summed E-state index contributed by atoms with van der Waals surface area (Å²) in [5, 5.41) is 42.6. The van der Waals surface area contributed by atoms with Gasteiger partial charge >= 0.3 is 11.9 Å². The van der Waals surface area contributed by atoms with Crippen molar-refractivity contribution in [3.63, 3.8) is 0 Å². The molecule has 0 bridgehead atoms. The number of benzene rings is 3. The number of carboxylic acid groups (broad SMARTS) is 2. The van der Waals surface area contributed by atoms with Gasteiger partial charge in [-0.25, -0.2) is 4.79 Å². The molecule has 5 N–H and O–H groups in total. The molecule has 0 amide bonds. The van der Waals surface area contributed by atoms with E-state index in [9.17, 15) is 24.9 Å². The molecule has 41 heavy (non-hydrogen) atoms. The first-order chi connectivity index (χ1) is 19.5. The zero-order valence-corrected chi connectivity index (χ0v) is 24.5.